The molecule has 0 aliphatic heterocycles. The lowest BCUT2D eigenvalue weighted by atomic mass is 10.2. The van der Waals surface area contributed by atoms with Crippen molar-refractivity contribution in [1.29, 1.82) is 0 Å². The Kier molecular flexibility index (Phi) is 3.90. The Bertz CT molecular complexity index is 471. The maximum Gasteiger partial charge on any atom is 0.240 e. The predicted molar refractivity (Wildman–Crippen MR) is 62.5 cm³/mol. The smallest absolute Gasteiger partial charge is 0.240 e. The van der Waals surface area contributed by atoms with Gasteiger partial charge in [-0.25, -0.2) is 13.1 Å². The highest BCUT2D eigenvalue weighted by molar-refractivity contribution is 7.89. The van der Waals surface area contributed by atoms with Gasteiger partial charge in [0, 0.05) is 11.7 Å². The van der Waals surface area contributed by atoms with Crippen LogP contribution in [0.1, 0.15) is 12.5 Å². The normalized spacial score (nSPS) is 13.7. The predicted octanol–water partition coefficient (Wildman–Crippen LogP) is 0.236. The highest BCUT2D eigenvalue weighted by atomic mass is 32.2. The van der Waals surface area contributed by atoms with Crippen molar-refractivity contribution in [3.05, 3.63) is 23.8 Å². The number of aliphatic hydroxyl groups is 1. The van der Waals surface area contributed by atoms with Crippen molar-refractivity contribution in [2.45, 2.75) is 24.8 Å². The van der Waals surface area contributed by atoms with Gasteiger partial charge in [0.1, 0.15) is 0 Å². The van der Waals surface area contributed by atoms with E-state index in [9.17, 15) is 8.42 Å². The number of aryl methyl sites for hydroxylation is 1. The third-order valence-corrected chi connectivity index (χ3v) is 3.77. The van der Waals surface area contributed by atoms with E-state index in [4.69, 9.17) is 10.8 Å². The second kappa shape index (κ2) is 4.82. The van der Waals surface area contributed by atoms with Gasteiger partial charge in [-0.3, -0.25) is 0 Å². The third-order valence-electron chi connectivity index (χ3n) is 2.18. The van der Waals surface area contributed by atoms with Crippen LogP contribution in [0, 0.1) is 6.92 Å². The zero-order chi connectivity index (χ0) is 12.3. The van der Waals surface area contributed by atoms with Gasteiger partial charge in [0.2, 0.25) is 10.0 Å². The molecule has 90 valence electrons. The van der Waals surface area contributed by atoms with Crippen LogP contribution in [0.5, 0.6) is 0 Å². The van der Waals surface area contributed by atoms with Gasteiger partial charge >= 0.3 is 0 Å². The van der Waals surface area contributed by atoms with Crippen LogP contribution in [-0.2, 0) is 10.0 Å². The fraction of sp³-hybridized carbons (Fsp3) is 0.400. The monoisotopic (exact) mass is 244 g/mol. The molecule has 0 heterocycles. The lowest BCUT2D eigenvalue weighted by Crippen LogP contribution is -2.35. The van der Waals surface area contributed by atoms with E-state index >= 15 is 0 Å². The molecule has 0 saturated heterocycles. The van der Waals surface area contributed by atoms with Crippen molar-refractivity contribution in [3.8, 4) is 0 Å². The molecule has 1 aromatic carbocycles. The second-order valence-corrected chi connectivity index (χ2v) is 5.44. The number of aliphatic hydroxyl groups excluding tert-OH is 1. The molecule has 0 unspecified atom stereocenters. The van der Waals surface area contributed by atoms with E-state index in [1.165, 1.54) is 12.1 Å². The lowest BCUT2D eigenvalue weighted by Gasteiger charge is -2.12. The number of nitrogens with one attached hydrogen (secondary N) is 1. The molecule has 0 radical (unpaired) electrons. The minimum Gasteiger partial charge on any atom is -0.399 e. The molecule has 1 atom stereocenters. The molecule has 0 fully saturated rings. The van der Waals surface area contributed by atoms with Crippen LogP contribution in [0.15, 0.2) is 23.1 Å². The first-order valence-corrected chi connectivity index (χ1v) is 6.34. The Morgan fingerprint density at radius 3 is 2.62 bits per heavy atom. The quantitative estimate of drug-likeness (QED) is 0.661. The first kappa shape index (κ1) is 13.0. The van der Waals surface area contributed by atoms with E-state index in [0.717, 1.165) is 0 Å². The molecular formula is C10H16N2O3S. The maximum absolute atomic E-state index is 11.8. The number of nitrogen functional groups attached to an aromatic ring is 1. The van der Waals surface area contributed by atoms with Crippen LogP contribution in [0.4, 0.5) is 5.69 Å². The van der Waals surface area contributed by atoms with Gasteiger partial charge in [0.05, 0.1) is 11.5 Å². The van der Waals surface area contributed by atoms with Crippen molar-refractivity contribution in [1.82, 2.24) is 4.72 Å². The summed E-state index contributed by atoms with van der Waals surface area (Å²) in [6.45, 7) is 3.08. The minimum atomic E-state index is -3.58. The molecule has 0 bridgehead atoms. The van der Waals surface area contributed by atoms with Gasteiger partial charge in [-0.2, -0.15) is 0 Å². The van der Waals surface area contributed by atoms with Gasteiger partial charge in [0.15, 0.2) is 0 Å². The highest BCUT2D eigenvalue weighted by Gasteiger charge is 2.17. The van der Waals surface area contributed by atoms with Crippen molar-refractivity contribution >= 4 is 15.7 Å². The summed E-state index contributed by atoms with van der Waals surface area (Å²) in [5.41, 5.74) is 6.86. The number of hydrogen-bond donors (Lipinski definition) is 3. The van der Waals surface area contributed by atoms with Gasteiger partial charge in [-0.05, 0) is 37.6 Å². The number of rotatable bonds is 4. The van der Waals surface area contributed by atoms with Gasteiger partial charge in [-0.15, -0.1) is 0 Å². The summed E-state index contributed by atoms with van der Waals surface area (Å²) < 4.78 is 26.0. The zero-order valence-electron chi connectivity index (χ0n) is 9.27. The average molecular weight is 244 g/mol. The van der Waals surface area contributed by atoms with Crippen molar-refractivity contribution in [2.75, 3.05) is 12.3 Å². The molecule has 0 aliphatic rings. The molecule has 16 heavy (non-hydrogen) atoms. The Labute approximate surface area is 95.3 Å². The van der Waals surface area contributed by atoms with Gasteiger partial charge in [-0.1, -0.05) is 0 Å². The van der Waals surface area contributed by atoms with E-state index in [-0.39, 0.29) is 11.5 Å². The molecule has 5 nitrogen and oxygen atoms in total. The van der Waals surface area contributed by atoms with E-state index in [2.05, 4.69) is 4.72 Å². The van der Waals surface area contributed by atoms with Crippen LogP contribution < -0.4 is 10.5 Å². The van der Waals surface area contributed by atoms with E-state index in [1.54, 1.807) is 19.9 Å². The van der Waals surface area contributed by atoms with E-state index in [0.29, 0.717) is 11.3 Å². The van der Waals surface area contributed by atoms with Crippen LogP contribution in [0.2, 0.25) is 0 Å². The minimum absolute atomic E-state index is 0.152. The summed E-state index contributed by atoms with van der Waals surface area (Å²) in [5.74, 6) is 0. The van der Waals surface area contributed by atoms with E-state index in [1.807, 2.05) is 0 Å². The van der Waals surface area contributed by atoms with Gasteiger partial charge in [0.25, 0.3) is 0 Å². The van der Waals surface area contributed by atoms with Crippen molar-refractivity contribution in [2.24, 2.45) is 0 Å². The van der Waals surface area contributed by atoms with Crippen LogP contribution in [0.25, 0.3) is 0 Å². The van der Waals surface area contributed by atoms with Gasteiger partial charge < -0.3 is 10.8 Å². The first-order chi connectivity index (χ1) is 7.36. The molecule has 1 rings (SSSR count). The largest absolute Gasteiger partial charge is 0.399 e. The Morgan fingerprint density at radius 2 is 2.12 bits per heavy atom. The lowest BCUT2D eigenvalue weighted by molar-refractivity contribution is 0.265. The number of benzene rings is 1. The molecular weight excluding hydrogens is 228 g/mol. The maximum atomic E-state index is 11.8. The number of nitrogens with two attached hydrogens (primary N) is 1. The zero-order valence-corrected chi connectivity index (χ0v) is 10.1. The van der Waals surface area contributed by atoms with Crippen molar-refractivity contribution in [3.63, 3.8) is 0 Å². The molecule has 6 heteroatoms. The Balaban J connectivity index is 3.03. The summed E-state index contributed by atoms with van der Waals surface area (Å²) in [5, 5.41) is 8.80. The summed E-state index contributed by atoms with van der Waals surface area (Å²) in [6.07, 6.45) is 0. The van der Waals surface area contributed by atoms with E-state index < -0.39 is 16.1 Å². The SMILES string of the molecule is Cc1cc(S(=O)(=O)N[C@@H](C)CO)ccc1N. The summed E-state index contributed by atoms with van der Waals surface area (Å²) >= 11 is 0. The summed E-state index contributed by atoms with van der Waals surface area (Å²) in [6, 6.07) is 3.98. The Morgan fingerprint density at radius 1 is 1.50 bits per heavy atom. The molecule has 0 aliphatic carbocycles. The standard InChI is InChI=1S/C10H16N2O3S/c1-7-5-9(3-4-10(7)11)16(14,15)12-8(2)6-13/h3-5,8,12-13H,6,11H2,1-2H3/t8-/m0/s1. The molecule has 4 N–H and O–H groups in total. The molecule has 1 aromatic rings. The third kappa shape index (κ3) is 2.94. The first-order valence-electron chi connectivity index (χ1n) is 4.86. The van der Waals surface area contributed by atoms with Crippen LogP contribution in [0.3, 0.4) is 0 Å². The fourth-order valence-electron chi connectivity index (χ4n) is 1.19. The molecule has 0 spiro atoms. The van der Waals surface area contributed by atoms with Crippen LogP contribution >= 0.6 is 0 Å². The van der Waals surface area contributed by atoms with Crippen LogP contribution in [-0.4, -0.2) is 26.2 Å². The number of hydrogen-bond acceptors (Lipinski definition) is 4. The highest BCUT2D eigenvalue weighted by Crippen LogP contribution is 2.16. The Hall–Kier alpha value is -1.11. The fourth-order valence-corrected chi connectivity index (χ4v) is 2.50. The molecule has 0 amide bonds. The number of anilines is 1. The number of sulfonamides is 1. The average Bonchev–Trinajstić information content (AvgIpc) is 2.21. The van der Waals surface area contributed by atoms with Crippen molar-refractivity contribution < 1.29 is 13.5 Å². The molecule has 0 aromatic heterocycles. The molecule has 0 saturated carbocycles. The summed E-state index contributed by atoms with van der Waals surface area (Å²) in [4.78, 5) is 0.152. The summed E-state index contributed by atoms with van der Waals surface area (Å²) in [7, 11) is -3.58. The second-order valence-electron chi connectivity index (χ2n) is 3.72. The topological polar surface area (TPSA) is 92.4 Å².